The molecule has 0 aliphatic rings. The molecule has 220 valence electrons. The average molecular weight is 619 g/mol. The molecule has 0 aromatic heterocycles. The van der Waals surface area contributed by atoms with Gasteiger partial charge in [-0.3, -0.25) is 13.9 Å². The van der Waals surface area contributed by atoms with Crippen molar-refractivity contribution in [3.05, 3.63) is 93.5 Å². The van der Waals surface area contributed by atoms with Crippen molar-refractivity contribution < 1.29 is 18.0 Å². The Balaban J connectivity index is 2.09. The standard InChI is InChI=1S/C31H37Cl2N3O4S/c1-7-24-10-8-9-11-28(24)36(41(39,40)25-15-12-21(2)13-16-25)20-29(37)35(22(3)30(38)34-31(4,5)6)19-23-14-17-26(32)27(33)18-23/h8-18,22H,7,19-20H2,1-6H3,(H,34,38). The van der Waals surface area contributed by atoms with Crippen LogP contribution < -0.4 is 9.62 Å². The van der Waals surface area contributed by atoms with E-state index in [0.717, 1.165) is 15.4 Å². The van der Waals surface area contributed by atoms with E-state index in [9.17, 15) is 18.0 Å². The molecule has 0 spiro atoms. The molecule has 0 radical (unpaired) electrons. The largest absolute Gasteiger partial charge is 0.350 e. The molecule has 3 rings (SSSR count). The van der Waals surface area contributed by atoms with Gasteiger partial charge in [-0.1, -0.05) is 72.1 Å². The first kappa shape index (κ1) is 32.4. The highest BCUT2D eigenvalue weighted by atomic mass is 35.5. The van der Waals surface area contributed by atoms with E-state index in [4.69, 9.17) is 23.2 Å². The van der Waals surface area contributed by atoms with E-state index in [1.807, 2.05) is 46.8 Å². The molecular weight excluding hydrogens is 581 g/mol. The summed E-state index contributed by atoms with van der Waals surface area (Å²) in [4.78, 5) is 28.8. The van der Waals surface area contributed by atoms with Crippen LogP contribution in [0.25, 0.3) is 0 Å². The predicted octanol–water partition coefficient (Wildman–Crippen LogP) is 6.39. The van der Waals surface area contributed by atoms with E-state index in [1.165, 1.54) is 17.0 Å². The monoisotopic (exact) mass is 617 g/mol. The lowest BCUT2D eigenvalue weighted by molar-refractivity contribution is -0.140. The van der Waals surface area contributed by atoms with Crippen LogP contribution in [0.1, 0.15) is 51.3 Å². The maximum absolute atomic E-state index is 14.1. The average Bonchev–Trinajstić information content (AvgIpc) is 2.91. The lowest BCUT2D eigenvalue weighted by atomic mass is 10.1. The minimum Gasteiger partial charge on any atom is -0.350 e. The fraction of sp³-hybridized carbons (Fsp3) is 0.355. The van der Waals surface area contributed by atoms with Crippen molar-refractivity contribution >= 4 is 50.7 Å². The molecule has 1 unspecified atom stereocenters. The Labute approximate surface area is 253 Å². The molecule has 0 aliphatic heterocycles. The second kappa shape index (κ2) is 13.3. The van der Waals surface area contributed by atoms with Gasteiger partial charge in [0.15, 0.2) is 0 Å². The van der Waals surface area contributed by atoms with Crippen LogP contribution >= 0.6 is 23.2 Å². The lowest BCUT2D eigenvalue weighted by Gasteiger charge is -2.34. The van der Waals surface area contributed by atoms with Crippen LogP contribution in [0.2, 0.25) is 10.0 Å². The second-order valence-corrected chi connectivity index (χ2v) is 13.7. The predicted molar refractivity (Wildman–Crippen MR) is 166 cm³/mol. The number of carbonyl (C=O) groups excluding carboxylic acids is 2. The lowest BCUT2D eigenvalue weighted by Crippen LogP contribution is -2.54. The molecule has 1 atom stereocenters. The Kier molecular flexibility index (Phi) is 10.5. The molecule has 41 heavy (non-hydrogen) atoms. The number of rotatable bonds is 10. The molecule has 0 aliphatic carbocycles. The normalized spacial score (nSPS) is 12.5. The molecule has 0 saturated heterocycles. The van der Waals surface area contributed by atoms with Crippen molar-refractivity contribution in [3.8, 4) is 0 Å². The molecule has 0 bridgehead atoms. The van der Waals surface area contributed by atoms with Gasteiger partial charge in [0.25, 0.3) is 10.0 Å². The topological polar surface area (TPSA) is 86.8 Å². The Hall–Kier alpha value is -3.07. The number of aryl methyl sites for hydroxylation is 2. The van der Waals surface area contributed by atoms with E-state index in [1.54, 1.807) is 49.4 Å². The summed E-state index contributed by atoms with van der Waals surface area (Å²) in [5.74, 6) is -0.915. The third kappa shape index (κ3) is 8.24. The number of nitrogens with one attached hydrogen (secondary N) is 1. The maximum atomic E-state index is 14.1. The zero-order valence-electron chi connectivity index (χ0n) is 24.2. The van der Waals surface area contributed by atoms with Crippen molar-refractivity contribution in [2.75, 3.05) is 10.8 Å². The minimum absolute atomic E-state index is 0.0162. The van der Waals surface area contributed by atoms with E-state index in [-0.39, 0.29) is 17.3 Å². The van der Waals surface area contributed by atoms with Crippen LogP contribution in [-0.4, -0.2) is 43.3 Å². The van der Waals surface area contributed by atoms with Crippen LogP contribution in [-0.2, 0) is 32.6 Å². The SMILES string of the molecule is CCc1ccccc1N(CC(=O)N(Cc1ccc(Cl)c(Cl)c1)C(C)C(=O)NC(C)(C)C)S(=O)(=O)c1ccc(C)cc1. The van der Waals surface area contributed by atoms with Gasteiger partial charge < -0.3 is 10.2 Å². The number of anilines is 1. The number of amides is 2. The zero-order valence-corrected chi connectivity index (χ0v) is 26.6. The summed E-state index contributed by atoms with van der Waals surface area (Å²) >= 11 is 12.3. The van der Waals surface area contributed by atoms with Gasteiger partial charge in [0.2, 0.25) is 11.8 Å². The number of sulfonamides is 1. The number of para-hydroxylation sites is 1. The van der Waals surface area contributed by atoms with Crippen LogP contribution in [0.5, 0.6) is 0 Å². The van der Waals surface area contributed by atoms with Gasteiger partial charge in [-0.2, -0.15) is 0 Å². The summed E-state index contributed by atoms with van der Waals surface area (Å²) in [5, 5.41) is 3.58. The highest BCUT2D eigenvalue weighted by Crippen LogP contribution is 2.29. The third-order valence-electron chi connectivity index (χ3n) is 6.53. The quantitative estimate of drug-likeness (QED) is 0.285. The summed E-state index contributed by atoms with van der Waals surface area (Å²) in [6.07, 6.45) is 0.557. The van der Waals surface area contributed by atoms with Crippen LogP contribution in [0, 0.1) is 6.92 Å². The fourth-order valence-corrected chi connectivity index (χ4v) is 6.07. The van der Waals surface area contributed by atoms with Crippen molar-refractivity contribution in [3.63, 3.8) is 0 Å². The number of carbonyl (C=O) groups is 2. The molecule has 3 aromatic carbocycles. The smallest absolute Gasteiger partial charge is 0.264 e. The van der Waals surface area contributed by atoms with Crippen LogP contribution in [0.3, 0.4) is 0 Å². The van der Waals surface area contributed by atoms with Crippen LogP contribution in [0.4, 0.5) is 5.69 Å². The number of hydrogen-bond donors (Lipinski definition) is 1. The first-order valence-electron chi connectivity index (χ1n) is 13.4. The van der Waals surface area contributed by atoms with E-state index < -0.39 is 34.1 Å². The number of nitrogens with zero attached hydrogens (tertiary/aromatic N) is 2. The van der Waals surface area contributed by atoms with Crippen molar-refractivity contribution in [1.82, 2.24) is 10.2 Å². The summed E-state index contributed by atoms with van der Waals surface area (Å²) in [5.41, 5.74) is 2.19. The minimum atomic E-state index is -4.15. The summed E-state index contributed by atoms with van der Waals surface area (Å²) in [6.45, 7) is 10.5. The van der Waals surface area contributed by atoms with Crippen molar-refractivity contribution in [1.29, 1.82) is 0 Å². The van der Waals surface area contributed by atoms with Gasteiger partial charge in [-0.05, 0) is 82.5 Å². The third-order valence-corrected chi connectivity index (χ3v) is 9.04. The highest BCUT2D eigenvalue weighted by Gasteiger charge is 2.34. The first-order chi connectivity index (χ1) is 19.1. The van der Waals surface area contributed by atoms with Gasteiger partial charge >= 0.3 is 0 Å². The van der Waals surface area contributed by atoms with Gasteiger partial charge in [0, 0.05) is 12.1 Å². The van der Waals surface area contributed by atoms with E-state index >= 15 is 0 Å². The van der Waals surface area contributed by atoms with Crippen molar-refractivity contribution in [2.45, 2.75) is 71.0 Å². The van der Waals surface area contributed by atoms with Gasteiger partial charge in [-0.15, -0.1) is 0 Å². The summed E-state index contributed by atoms with van der Waals surface area (Å²) in [6, 6.07) is 17.6. The molecule has 0 fully saturated rings. The molecule has 0 heterocycles. The van der Waals surface area contributed by atoms with Crippen LogP contribution in [0.15, 0.2) is 71.6 Å². The molecule has 10 heteroatoms. The maximum Gasteiger partial charge on any atom is 0.264 e. The molecular formula is C31H37Cl2N3O4S. The Bertz CT molecular complexity index is 1500. The van der Waals surface area contributed by atoms with Gasteiger partial charge in [0.1, 0.15) is 12.6 Å². The van der Waals surface area contributed by atoms with E-state index in [0.29, 0.717) is 27.7 Å². The molecule has 7 nitrogen and oxygen atoms in total. The molecule has 1 N–H and O–H groups in total. The van der Waals surface area contributed by atoms with Crippen molar-refractivity contribution in [2.24, 2.45) is 0 Å². The Morgan fingerprint density at radius 1 is 0.951 bits per heavy atom. The fourth-order valence-electron chi connectivity index (χ4n) is 4.30. The highest BCUT2D eigenvalue weighted by molar-refractivity contribution is 7.92. The molecule has 3 aromatic rings. The van der Waals surface area contributed by atoms with E-state index in [2.05, 4.69) is 5.32 Å². The Morgan fingerprint density at radius 3 is 2.17 bits per heavy atom. The summed E-state index contributed by atoms with van der Waals surface area (Å²) < 4.78 is 29.2. The number of benzene rings is 3. The van der Waals surface area contributed by atoms with Gasteiger partial charge in [0.05, 0.1) is 20.6 Å². The summed E-state index contributed by atoms with van der Waals surface area (Å²) in [7, 11) is -4.15. The van der Waals surface area contributed by atoms with Gasteiger partial charge in [-0.25, -0.2) is 8.42 Å². The molecule has 0 saturated carbocycles. The first-order valence-corrected chi connectivity index (χ1v) is 15.6. The number of halogens is 2. The molecule has 2 amide bonds. The second-order valence-electron chi connectivity index (χ2n) is 11.0. The Morgan fingerprint density at radius 2 is 1.59 bits per heavy atom. The zero-order chi connectivity index (χ0) is 30.5. The number of hydrogen-bond acceptors (Lipinski definition) is 4.